The average molecular weight is 753 g/mol. The summed E-state index contributed by atoms with van der Waals surface area (Å²) in [5.41, 5.74) is 16.7. The zero-order valence-corrected chi connectivity index (χ0v) is 31.7. The Kier molecular flexibility index (Phi) is 8.94. The average Bonchev–Trinajstić information content (AvgIpc) is 4.11. The van der Waals surface area contributed by atoms with Crippen LogP contribution in [0.5, 0.6) is 5.75 Å². The lowest BCUT2D eigenvalue weighted by Crippen LogP contribution is -1.95. The number of H-pyrrole nitrogens is 2. The van der Waals surface area contributed by atoms with E-state index < -0.39 is 0 Å². The molecule has 0 fully saturated rings. The highest BCUT2D eigenvalue weighted by molar-refractivity contribution is 7.80. The number of aromatic amines is 2. The number of nitrogens with zero attached hydrogens (tertiary/aromatic N) is 2. The number of rotatable bonds is 7. The van der Waals surface area contributed by atoms with E-state index in [9.17, 15) is 0 Å². The van der Waals surface area contributed by atoms with E-state index >= 15 is 0 Å². The molecule has 8 bridgehead atoms. The van der Waals surface area contributed by atoms with E-state index in [0.29, 0.717) is 6.61 Å². The number of aromatic nitrogens is 4. The Bertz CT molecular complexity index is 2950. The van der Waals surface area contributed by atoms with Gasteiger partial charge in [-0.15, -0.1) is 12.6 Å². The Balaban J connectivity index is 1.25. The number of ether oxygens (including phenoxy) is 1. The second kappa shape index (κ2) is 14.8. The van der Waals surface area contributed by atoms with Gasteiger partial charge in [-0.25, -0.2) is 9.97 Å². The summed E-state index contributed by atoms with van der Waals surface area (Å²) < 4.78 is 6.20. The van der Waals surface area contributed by atoms with Crippen LogP contribution in [0.15, 0.2) is 169 Å². The van der Waals surface area contributed by atoms with E-state index in [1.165, 1.54) is 0 Å². The van der Waals surface area contributed by atoms with E-state index in [2.05, 4.69) is 156 Å². The van der Waals surface area contributed by atoms with Crippen molar-refractivity contribution in [3.63, 3.8) is 0 Å². The fourth-order valence-corrected chi connectivity index (χ4v) is 7.86. The molecular weight excluding hydrogens is 717 g/mol. The molecule has 3 aromatic heterocycles. The molecule has 2 aliphatic rings. The zero-order valence-electron chi connectivity index (χ0n) is 30.9. The second-order valence-electron chi connectivity index (χ2n) is 14.1. The second-order valence-corrected chi connectivity index (χ2v) is 14.6. The molecule has 5 nitrogen and oxygen atoms in total. The third kappa shape index (κ3) is 6.77. The maximum absolute atomic E-state index is 6.20. The molecule has 0 spiro atoms. The molecule has 0 radical (unpaired) electrons. The maximum atomic E-state index is 6.20. The first-order valence-corrected chi connectivity index (χ1v) is 19.4. The molecule has 0 aliphatic carbocycles. The molecule has 0 saturated carbocycles. The predicted octanol–water partition coefficient (Wildman–Crippen LogP) is 13.2. The first-order chi connectivity index (χ1) is 28.1. The van der Waals surface area contributed by atoms with Crippen LogP contribution in [-0.2, 0) is 6.61 Å². The lowest BCUT2D eigenvalue weighted by atomic mass is 10.0. The van der Waals surface area contributed by atoms with Crippen molar-refractivity contribution >= 4 is 59.0 Å². The molecule has 5 aromatic carbocycles. The molecule has 0 atom stereocenters. The van der Waals surface area contributed by atoms with Crippen LogP contribution in [0.4, 0.5) is 0 Å². The molecule has 0 unspecified atom stereocenters. The van der Waals surface area contributed by atoms with Gasteiger partial charge in [0.05, 0.1) is 22.8 Å². The normalized spacial score (nSPS) is 11.9. The first-order valence-electron chi connectivity index (χ1n) is 19.0. The van der Waals surface area contributed by atoms with Crippen molar-refractivity contribution in [1.82, 2.24) is 19.9 Å². The first kappa shape index (κ1) is 34.3. The van der Waals surface area contributed by atoms with Gasteiger partial charge in [-0.3, -0.25) is 0 Å². The lowest BCUT2D eigenvalue weighted by molar-refractivity contribution is 0.306. The van der Waals surface area contributed by atoms with Gasteiger partial charge in [0.1, 0.15) is 12.4 Å². The van der Waals surface area contributed by atoms with Crippen LogP contribution in [0.3, 0.4) is 0 Å². The lowest BCUT2D eigenvalue weighted by Gasteiger charge is -2.09. The van der Waals surface area contributed by atoms with Crippen molar-refractivity contribution in [1.29, 1.82) is 0 Å². The standard InChI is InChI=1S/C51H36N4OS/c57-39-22-16-33(17-23-39)32-56-38-20-18-37(19-21-38)51-46-30-28-44(54-46)49(35-12-6-2-7-13-35)42-26-24-40(52-42)48(34-10-4-1-5-11-34)41-25-27-43(53-41)50(36-14-8-3-9-15-36)45-29-31-47(51)55-45/h1-31,52,55,57H,32H2. The van der Waals surface area contributed by atoms with Crippen molar-refractivity contribution in [3.05, 3.63) is 192 Å². The van der Waals surface area contributed by atoms with Crippen LogP contribution < -0.4 is 4.74 Å². The molecule has 5 heterocycles. The molecule has 8 aromatic rings. The number of hydrogen-bond donors (Lipinski definition) is 3. The summed E-state index contributed by atoms with van der Waals surface area (Å²) in [4.78, 5) is 19.4. The quantitative estimate of drug-likeness (QED) is 0.142. The van der Waals surface area contributed by atoms with Crippen molar-refractivity contribution < 1.29 is 4.74 Å². The summed E-state index contributed by atoms with van der Waals surface area (Å²) in [5, 5.41) is 0. The Morgan fingerprint density at radius 1 is 0.386 bits per heavy atom. The van der Waals surface area contributed by atoms with Gasteiger partial charge in [0.25, 0.3) is 0 Å². The topological polar surface area (TPSA) is 66.6 Å². The molecular formula is C51H36N4OS. The molecule has 272 valence electrons. The van der Waals surface area contributed by atoms with Gasteiger partial charge in [0, 0.05) is 49.2 Å². The number of hydrogen-bond acceptors (Lipinski definition) is 4. The van der Waals surface area contributed by atoms with Crippen LogP contribution in [0.1, 0.15) is 28.3 Å². The van der Waals surface area contributed by atoms with E-state index in [-0.39, 0.29) is 0 Å². The Morgan fingerprint density at radius 2 is 0.737 bits per heavy atom. The van der Waals surface area contributed by atoms with E-state index in [1.807, 2.05) is 54.6 Å². The number of fused-ring (bicyclic) bond motifs is 8. The van der Waals surface area contributed by atoms with Crippen LogP contribution in [0.2, 0.25) is 0 Å². The summed E-state index contributed by atoms with van der Waals surface area (Å²) in [5.74, 6) is 0.789. The van der Waals surface area contributed by atoms with Crippen molar-refractivity contribution in [2.24, 2.45) is 0 Å². The molecule has 2 N–H and O–H groups in total. The highest BCUT2D eigenvalue weighted by atomic mass is 32.1. The molecule has 2 aliphatic heterocycles. The molecule has 0 saturated heterocycles. The Morgan fingerprint density at radius 3 is 1.11 bits per heavy atom. The highest BCUT2D eigenvalue weighted by Gasteiger charge is 2.19. The largest absolute Gasteiger partial charge is 0.489 e. The molecule has 57 heavy (non-hydrogen) atoms. The van der Waals surface area contributed by atoms with Gasteiger partial charge in [0.2, 0.25) is 0 Å². The van der Waals surface area contributed by atoms with Gasteiger partial charge in [-0.2, -0.15) is 0 Å². The molecule has 0 amide bonds. The van der Waals surface area contributed by atoms with Gasteiger partial charge in [-0.05, 0) is 101 Å². The van der Waals surface area contributed by atoms with Gasteiger partial charge in [-0.1, -0.05) is 115 Å². The van der Waals surface area contributed by atoms with E-state index in [0.717, 1.165) is 106 Å². The highest BCUT2D eigenvalue weighted by Crippen LogP contribution is 2.38. The van der Waals surface area contributed by atoms with Crippen molar-refractivity contribution in [2.45, 2.75) is 11.5 Å². The fraction of sp³-hybridized carbons (Fsp3) is 0.0196. The third-order valence-corrected chi connectivity index (χ3v) is 10.7. The molecule has 10 rings (SSSR count). The fourth-order valence-electron chi connectivity index (χ4n) is 7.71. The van der Waals surface area contributed by atoms with Gasteiger partial charge in [0.15, 0.2) is 0 Å². The van der Waals surface area contributed by atoms with Crippen molar-refractivity contribution in [2.75, 3.05) is 0 Å². The zero-order chi connectivity index (χ0) is 38.1. The van der Waals surface area contributed by atoms with Crippen LogP contribution in [0, 0.1) is 0 Å². The van der Waals surface area contributed by atoms with Crippen LogP contribution >= 0.6 is 12.6 Å². The Hall–Kier alpha value is -7.15. The monoisotopic (exact) mass is 752 g/mol. The minimum atomic E-state index is 0.469. The molecule has 6 heteroatoms. The summed E-state index contributed by atoms with van der Waals surface area (Å²) in [6.45, 7) is 0.469. The van der Waals surface area contributed by atoms with Gasteiger partial charge < -0.3 is 14.7 Å². The summed E-state index contributed by atoms with van der Waals surface area (Å²) in [7, 11) is 0. The SMILES string of the molecule is Sc1ccc(COc2ccc(-c3c4nc(c(-c5ccccc5)c5ccc([nH]5)c(-c5ccccc5)c5nc(c(-c6ccccc6)c6ccc3[nH]6)C=C5)C=C4)cc2)cc1. The summed E-state index contributed by atoms with van der Waals surface area (Å²) in [6.07, 6.45) is 8.51. The number of benzene rings is 5. The van der Waals surface area contributed by atoms with Crippen molar-refractivity contribution in [3.8, 4) is 50.3 Å². The maximum Gasteiger partial charge on any atom is 0.119 e. The minimum absolute atomic E-state index is 0.469. The minimum Gasteiger partial charge on any atom is -0.489 e. The number of thiol groups is 1. The number of nitrogens with one attached hydrogen (secondary N) is 2. The smallest absolute Gasteiger partial charge is 0.119 e. The van der Waals surface area contributed by atoms with E-state index in [4.69, 9.17) is 14.7 Å². The summed E-state index contributed by atoms with van der Waals surface area (Å²) >= 11 is 4.42. The van der Waals surface area contributed by atoms with Crippen LogP contribution in [0.25, 0.3) is 90.9 Å². The van der Waals surface area contributed by atoms with Crippen LogP contribution in [-0.4, -0.2) is 19.9 Å². The predicted molar refractivity (Wildman–Crippen MR) is 239 cm³/mol. The summed E-state index contributed by atoms with van der Waals surface area (Å²) in [6, 6.07) is 56.4. The third-order valence-electron chi connectivity index (χ3n) is 10.4. The van der Waals surface area contributed by atoms with Gasteiger partial charge >= 0.3 is 0 Å². The Labute approximate surface area is 336 Å². The van der Waals surface area contributed by atoms with E-state index in [1.54, 1.807) is 0 Å².